The van der Waals surface area contributed by atoms with Gasteiger partial charge in [-0.2, -0.15) is 0 Å². The minimum Gasteiger partial charge on any atom is -0.392 e. The lowest BCUT2D eigenvalue weighted by Crippen LogP contribution is -2.39. The molecule has 1 heterocycles. The largest absolute Gasteiger partial charge is 0.392 e. The molecule has 0 amide bonds. The fraction of sp³-hybridized carbons (Fsp3) is 0.840. The van der Waals surface area contributed by atoms with Crippen molar-refractivity contribution in [3.8, 4) is 0 Å². The van der Waals surface area contributed by atoms with Gasteiger partial charge in [0, 0.05) is 31.9 Å². The molecule has 0 spiro atoms. The predicted molar refractivity (Wildman–Crippen MR) is 130 cm³/mol. The van der Waals surface area contributed by atoms with Crippen molar-refractivity contribution >= 4 is 0 Å². The van der Waals surface area contributed by atoms with E-state index in [0.29, 0.717) is 18.7 Å². The number of aliphatic hydroxyl groups is 1. The molecule has 0 fully saturated rings. The van der Waals surface area contributed by atoms with Crippen LogP contribution in [0.1, 0.15) is 102 Å². The predicted octanol–water partition coefficient (Wildman–Crippen LogP) is 4.29. The van der Waals surface area contributed by atoms with E-state index in [2.05, 4.69) is 12.2 Å². The summed E-state index contributed by atoms with van der Waals surface area (Å²) in [5, 5.41) is 13.5. The van der Waals surface area contributed by atoms with E-state index < -0.39 is 0 Å². The van der Waals surface area contributed by atoms with Gasteiger partial charge in [0.1, 0.15) is 0 Å². The van der Waals surface area contributed by atoms with Crippen LogP contribution in [0.25, 0.3) is 0 Å². The van der Waals surface area contributed by atoms with Gasteiger partial charge in [0.2, 0.25) is 0 Å². The van der Waals surface area contributed by atoms with E-state index in [9.17, 15) is 14.7 Å². The van der Waals surface area contributed by atoms with E-state index in [4.69, 9.17) is 0 Å². The molecule has 0 radical (unpaired) electrons. The molecule has 0 saturated heterocycles. The van der Waals surface area contributed by atoms with Gasteiger partial charge < -0.3 is 15.0 Å². The minimum absolute atomic E-state index is 0.164. The van der Waals surface area contributed by atoms with Crippen LogP contribution in [-0.2, 0) is 13.6 Å². The van der Waals surface area contributed by atoms with Crippen molar-refractivity contribution in [3.63, 3.8) is 0 Å². The number of hydrogen-bond acceptors (Lipinski definition) is 4. The van der Waals surface area contributed by atoms with Crippen molar-refractivity contribution in [3.05, 3.63) is 32.6 Å². The molecule has 1 aromatic heterocycles. The fourth-order valence-corrected chi connectivity index (χ4v) is 4.02. The van der Waals surface area contributed by atoms with Crippen molar-refractivity contribution in [2.45, 2.75) is 116 Å². The van der Waals surface area contributed by atoms with Crippen LogP contribution in [0.15, 0.2) is 15.8 Å². The maximum atomic E-state index is 12.1. The molecular formula is C25H47N3O3. The maximum absolute atomic E-state index is 12.1. The number of aryl methyl sites for hydroxylation is 2. The maximum Gasteiger partial charge on any atom is 0.330 e. The highest BCUT2D eigenvalue weighted by Gasteiger charge is 2.06. The summed E-state index contributed by atoms with van der Waals surface area (Å²) < 4.78 is 2.84. The van der Waals surface area contributed by atoms with E-state index in [1.165, 1.54) is 60.5 Å². The van der Waals surface area contributed by atoms with E-state index in [0.717, 1.165) is 45.1 Å². The zero-order valence-corrected chi connectivity index (χ0v) is 20.3. The molecule has 2 N–H and O–H groups in total. The lowest BCUT2D eigenvalue weighted by atomic mass is 10.1. The topological polar surface area (TPSA) is 76.3 Å². The molecular weight excluding hydrogens is 390 g/mol. The first-order valence-electron chi connectivity index (χ1n) is 12.6. The molecule has 0 aliphatic heterocycles. The summed E-state index contributed by atoms with van der Waals surface area (Å²) in [7, 11) is 1.69. The van der Waals surface area contributed by atoms with Gasteiger partial charge >= 0.3 is 5.69 Å². The number of hydrogen-bond donors (Lipinski definition) is 2. The summed E-state index contributed by atoms with van der Waals surface area (Å²) in [5.41, 5.74) is 0.223. The summed E-state index contributed by atoms with van der Waals surface area (Å²) in [6.07, 6.45) is 17.7. The first-order valence-corrected chi connectivity index (χ1v) is 12.6. The Hall–Kier alpha value is -1.40. The quantitative estimate of drug-likeness (QED) is 0.317. The third-order valence-corrected chi connectivity index (χ3v) is 6.01. The third kappa shape index (κ3) is 12.3. The van der Waals surface area contributed by atoms with Gasteiger partial charge in [-0.15, -0.1) is 0 Å². The molecule has 6 heteroatoms. The average molecular weight is 438 g/mol. The average Bonchev–Trinajstić information content (AvgIpc) is 2.75. The van der Waals surface area contributed by atoms with Crippen LogP contribution in [0.4, 0.5) is 0 Å². The van der Waals surface area contributed by atoms with Gasteiger partial charge in [0.15, 0.2) is 0 Å². The number of nitrogens with one attached hydrogen (secondary N) is 1. The number of rotatable bonds is 19. The Labute approximate surface area is 189 Å². The molecule has 1 aromatic rings. The highest BCUT2D eigenvalue weighted by molar-refractivity contribution is 5.02. The molecule has 0 bridgehead atoms. The highest BCUT2D eigenvalue weighted by atomic mass is 16.3. The Kier molecular flexibility index (Phi) is 15.3. The molecule has 0 aromatic carbocycles. The Bertz CT molecular complexity index is 662. The van der Waals surface area contributed by atoms with Crippen molar-refractivity contribution in [1.29, 1.82) is 0 Å². The van der Waals surface area contributed by atoms with Gasteiger partial charge in [0.25, 0.3) is 5.56 Å². The molecule has 1 rings (SSSR count). The van der Waals surface area contributed by atoms with Crippen LogP contribution in [0.5, 0.6) is 0 Å². The molecule has 0 aliphatic carbocycles. The van der Waals surface area contributed by atoms with Crippen LogP contribution >= 0.6 is 0 Å². The summed E-state index contributed by atoms with van der Waals surface area (Å²) in [6.45, 7) is 6.23. The van der Waals surface area contributed by atoms with Gasteiger partial charge in [0.05, 0.1) is 6.10 Å². The first kappa shape index (κ1) is 27.6. The molecule has 0 saturated carbocycles. The molecule has 6 nitrogen and oxygen atoms in total. The number of unbranched alkanes of at least 4 members (excludes halogenated alkanes) is 11. The number of aliphatic hydroxyl groups excluding tert-OH is 1. The SMILES string of the molecule is CCCCCCCCNCC(O)CCCCCCCCCn1c(=O)c(C)cn(C)c1=O. The third-order valence-electron chi connectivity index (χ3n) is 6.01. The zero-order valence-electron chi connectivity index (χ0n) is 20.3. The van der Waals surface area contributed by atoms with Crippen LogP contribution < -0.4 is 16.6 Å². The first-order chi connectivity index (χ1) is 15.0. The summed E-state index contributed by atoms with van der Waals surface area (Å²) in [4.78, 5) is 24.2. The Morgan fingerprint density at radius 2 is 1.48 bits per heavy atom. The van der Waals surface area contributed by atoms with E-state index in [1.54, 1.807) is 20.2 Å². The molecule has 1 atom stereocenters. The van der Waals surface area contributed by atoms with Gasteiger partial charge in [-0.25, -0.2) is 4.79 Å². The van der Waals surface area contributed by atoms with Crippen molar-refractivity contribution < 1.29 is 5.11 Å². The molecule has 180 valence electrons. The van der Waals surface area contributed by atoms with Gasteiger partial charge in [-0.05, 0) is 32.7 Å². The van der Waals surface area contributed by atoms with E-state index in [1.807, 2.05) is 0 Å². The zero-order chi connectivity index (χ0) is 22.9. The Balaban J connectivity index is 1.96. The lowest BCUT2D eigenvalue weighted by Gasteiger charge is -2.12. The minimum atomic E-state index is -0.227. The van der Waals surface area contributed by atoms with Gasteiger partial charge in [-0.1, -0.05) is 77.6 Å². The Morgan fingerprint density at radius 3 is 2.16 bits per heavy atom. The molecule has 0 aliphatic rings. The fourth-order valence-electron chi connectivity index (χ4n) is 4.02. The smallest absolute Gasteiger partial charge is 0.330 e. The lowest BCUT2D eigenvalue weighted by molar-refractivity contribution is 0.158. The Morgan fingerprint density at radius 1 is 0.903 bits per heavy atom. The second kappa shape index (κ2) is 17.2. The van der Waals surface area contributed by atoms with Crippen LogP contribution in [0.3, 0.4) is 0 Å². The van der Waals surface area contributed by atoms with Crippen molar-refractivity contribution in [2.24, 2.45) is 7.05 Å². The van der Waals surface area contributed by atoms with E-state index in [-0.39, 0.29) is 17.4 Å². The number of aromatic nitrogens is 2. The second-order valence-corrected chi connectivity index (χ2v) is 9.05. The second-order valence-electron chi connectivity index (χ2n) is 9.05. The number of nitrogens with zero attached hydrogens (tertiary/aromatic N) is 2. The highest BCUT2D eigenvalue weighted by Crippen LogP contribution is 2.10. The van der Waals surface area contributed by atoms with Gasteiger partial charge in [-0.3, -0.25) is 9.36 Å². The van der Waals surface area contributed by atoms with Crippen LogP contribution in [0.2, 0.25) is 0 Å². The van der Waals surface area contributed by atoms with Crippen LogP contribution in [-0.4, -0.2) is 33.4 Å². The summed E-state index contributed by atoms with van der Waals surface area (Å²) in [6, 6.07) is 0. The van der Waals surface area contributed by atoms with E-state index >= 15 is 0 Å². The monoisotopic (exact) mass is 437 g/mol. The normalized spacial score (nSPS) is 12.4. The molecule has 1 unspecified atom stereocenters. The summed E-state index contributed by atoms with van der Waals surface area (Å²) in [5.74, 6) is 0. The molecule has 31 heavy (non-hydrogen) atoms. The standard InChI is InChI=1S/C25H47N3O3/c1-4-5-6-7-12-15-18-26-20-23(29)17-14-11-9-8-10-13-16-19-28-24(30)22(2)21-27(3)25(28)31/h21,23,26,29H,4-20H2,1-3H3. The van der Waals surface area contributed by atoms with Crippen molar-refractivity contribution in [2.75, 3.05) is 13.1 Å². The van der Waals surface area contributed by atoms with Crippen LogP contribution in [0, 0.1) is 6.92 Å². The van der Waals surface area contributed by atoms with Crippen molar-refractivity contribution in [1.82, 2.24) is 14.5 Å². The summed E-state index contributed by atoms with van der Waals surface area (Å²) >= 11 is 0.